The minimum absolute atomic E-state index is 0.00721. The Morgan fingerprint density at radius 3 is 2.45 bits per heavy atom. The molecule has 1 aliphatic rings. The van der Waals surface area contributed by atoms with E-state index in [1.807, 2.05) is 30.3 Å². The lowest BCUT2D eigenvalue weighted by atomic mass is 9.77. The molecule has 3 rings (SSSR count). The first kappa shape index (κ1) is 15.4. The molecule has 2 aromatic carbocycles. The summed E-state index contributed by atoms with van der Waals surface area (Å²) < 4.78 is 0. The number of hydrogen-bond acceptors (Lipinski definition) is 1. The zero-order valence-corrected chi connectivity index (χ0v) is 13.8. The number of rotatable bonds is 2. The van der Waals surface area contributed by atoms with E-state index in [1.165, 1.54) is 16.7 Å². The van der Waals surface area contributed by atoms with Crippen molar-refractivity contribution in [3.05, 3.63) is 69.2 Å². The summed E-state index contributed by atoms with van der Waals surface area (Å²) in [4.78, 5) is 11.4. The van der Waals surface area contributed by atoms with Crippen molar-refractivity contribution in [1.82, 2.24) is 5.32 Å². The summed E-state index contributed by atoms with van der Waals surface area (Å²) in [6.45, 7) is 1.56. The molecule has 0 aliphatic heterocycles. The fraction of sp³-hybridized carbons (Fsp3) is 0.278. The minimum atomic E-state index is 0.00721. The van der Waals surface area contributed by atoms with Gasteiger partial charge in [-0.15, -0.1) is 0 Å². The van der Waals surface area contributed by atoms with Crippen LogP contribution < -0.4 is 5.32 Å². The number of carbonyl (C=O) groups excluding carboxylic acids is 1. The van der Waals surface area contributed by atoms with Crippen LogP contribution in [0.3, 0.4) is 0 Å². The summed E-state index contributed by atoms with van der Waals surface area (Å²) in [5, 5.41) is 4.20. The lowest BCUT2D eigenvalue weighted by Crippen LogP contribution is -2.30. The summed E-state index contributed by atoms with van der Waals surface area (Å²) in [6.07, 6.45) is 1.89. The Balaban J connectivity index is 2.00. The second-order valence-electron chi connectivity index (χ2n) is 5.69. The van der Waals surface area contributed by atoms with Gasteiger partial charge < -0.3 is 5.32 Å². The second kappa shape index (κ2) is 6.31. The van der Waals surface area contributed by atoms with E-state index in [2.05, 4.69) is 17.4 Å². The van der Waals surface area contributed by atoms with Crippen molar-refractivity contribution in [1.29, 1.82) is 0 Å². The highest BCUT2D eigenvalue weighted by Gasteiger charge is 2.28. The Bertz CT molecular complexity index is 714. The molecule has 1 aliphatic carbocycles. The van der Waals surface area contributed by atoms with E-state index in [0.29, 0.717) is 10.0 Å². The van der Waals surface area contributed by atoms with Crippen molar-refractivity contribution in [2.24, 2.45) is 0 Å². The molecule has 0 spiro atoms. The summed E-state index contributed by atoms with van der Waals surface area (Å²) in [5.74, 6) is 0.295. The zero-order chi connectivity index (χ0) is 15.7. The van der Waals surface area contributed by atoms with Crippen molar-refractivity contribution < 1.29 is 4.79 Å². The van der Waals surface area contributed by atoms with E-state index in [9.17, 15) is 4.79 Å². The lowest BCUT2D eigenvalue weighted by molar-refractivity contribution is -0.119. The smallest absolute Gasteiger partial charge is 0.217 e. The van der Waals surface area contributed by atoms with Crippen LogP contribution >= 0.6 is 23.2 Å². The van der Waals surface area contributed by atoms with Crippen molar-refractivity contribution in [3.63, 3.8) is 0 Å². The Morgan fingerprint density at radius 2 is 1.77 bits per heavy atom. The van der Waals surface area contributed by atoms with Crippen LogP contribution in [0.1, 0.15) is 48.4 Å². The van der Waals surface area contributed by atoms with E-state index >= 15 is 0 Å². The normalized spacial score (nSPS) is 20.3. The van der Waals surface area contributed by atoms with Gasteiger partial charge in [0.2, 0.25) is 5.91 Å². The van der Waals surface area contributed by atoms with Gasteiger partial charge in [-0.25, -0.2) is 0 Å². The second-order valence-corrected chi connectivity index (χ2v) is 6.50. The molecule has 22 heavy (non-hydrogen) atoms. The van der Waals surface area contributed by atoms with Crippen LogP contribution in [0, 0.1) is 0 Å². The Hall–Kier alpha value is -1.51. The van der Waals surface area contributed by atoms with Crippen LogP contribution in [-0.2, 0) is 4.79 Å². The number of carbonyl (C=O) groups is 1. The predicted molar refractivity (Wildman–Crippen MR) is 90.5 cm³/mol. The van der Waals surface area contributed by atoms with Gasteiger partial charge in [0.25, 0.3) is 0 Å². The average Bonchev–Trinajstić information content (AvgIpc) is 2.50. The zero-order valence-electron chi connectivity index (χ0n) is 12.3. The minimum Gasteiger partial charge on any atom is -0.350 e. The highest BCUT2D eigenvalue weighted by Crippen LogP contribution is 2.42. The van der Waals surface area contributed by atoms with Gasteiger partial charge in [0.1, 0.15) is 0 Å². The van der Waals surface area contributed by atoms with Gasteiger partial charge in [0, 0.05) is 12.8 Å². The van der Waals surface area contributed by atoms with Gasteiger partial charge in [0.15, 0.2) is 0 Å². The average molecular weight is 334 g/mol. The first-order valence-corrected chi connectivity index (χ1v) is 8.12. The van der Waals surface area contributed by atoms with Crippen LogP contribution in [0.2, 0.25) is 10.0 Å². The predicted octanol–water partition coefficient (Wildman–Crippen LogP) is 5.10. The largest absolute Gasteiger partial charge is 0.350 e. The molecule has 2 aromatic rings. The molecule has 0 fully saturated rings. The molecule has 0 aromatic heterocycles. The Kier molecular flexibility index (Phi) is 4.42. The molecular formula is C18H17Cl2NO. The Morgan fingerprint density at radius 1 is 1.05 bits per heavy atom. The van der Waals surface area contributed by atoms with Gasteiger partial charge in [-0.3, -0.25) is 4.79 Å². The number of halogens is 2. The summed E-state index contributed by atoms with van der Waals surface area (Å²) in [7, 11) is 0. The lowest BCUT2D eigenvalue weighted by Gasteiger charge is -2.32. The van der Waals surface area contributed by atoms with E-state index in [1.54, 1.807) is 6.92 Å². The van der Waals surface area contributed by atoms with Crippen molar-refractivity contribution >= 4 is 29.1 Å². The molecule has 0 bridgehead atoms. The molecule has 1 amide bonds. The maximum atomic E-state index is 11.4. The third-order valence-corrected chi connectivity index (χ3v) is 4.95. The van der Waals surface area contributed by atoms with Gasteiger partial charge in [-0.05, 0) is 41.7 Å². The molecule has 4 heteroatoms. The van der Waals surface area contributed by atoms with Gasteiger partial charge in [-0.1, -0.05) is 53.5 Å². The highest BCUT2D eigenvalue weighted by molar-refractivity contribution is 6.42. The van der Waals surface area contributed by atoms with Crippen LogP contribution in [0.4, 0.5) is 0 Å². The molecule has 0 heterocycles. The number of hydrogen-bond donors (Lipinski definition) is 1. The SMILES string of the molecule is CC(=O)N[C@@H]1CCC(c2ccc(Cl)c(Cl)c2)c2ccccc21. The van der Waals surface area contributed by atoms with E-state index in [4.69, 9.17) is 23.2 Å². The summed E-state index contributed by atoms with van der Waals surface area (Å²) >= 11 is 12.2. The molecule has 2 nitrogen and oxygen atoms in total. The fourth-order valence-electron chi connectivity index (χ4n) is 3.26. The molecule has 1 unspecified atom stereocenters. The molecular weight excluding hydrogens is 317 g/mol. The fourth-order valence-corrected chi connectivity index (χ4v) is 3.57. The maximum Gasteiger partial charge on any atom is 0.217 e. The molecule has 1 N–H and O–H groups in total. The third-order valence-electron chi connectivity index (χ3n) is 4.21. The number of amides is 1. The van der Waals surface area contributed by atoms with Crippen LogP contribution in [-0.4, -0.2) is 5.91 Å². The van der Waals surface area contributed by atoms with E-state index in [-0.39, 0.29) is 17.9 Å². The molecule has 114 valence electrons. The van der Waals surface area contributed by atoms with Crippen molar-refractivity contribution in [2.75, 3.05) is 0 Å². The van der Waals surface area contributed by atoms with E-state index < -0.39 is 0 Å². The van der Waals surface area contributed by atoms with Gasteiger partial charge in [-0.2, -0.15) is 0 Å². The summed E-state index contributed by atoms with van der Waals surface area (Å²) in [5.41, 5.74) is 3.62. The number of benzene rings is 2. The molecule has 0 saturated carbocycles. The van der Waals surface area contributed by atoms with Gasteiger partial charge in [0.05, 0.1) is 16.1 Å². The van der Waals surface area contributed by atoms with E-state index in [0.717, 1.165) is 12.8 Å². The highest BCUT2D eigenvalue weighted by atomic mass is 35.5. The monoisotopic (exact) mass is 333 g/mol. The van der Waals surface area contributed by atoms with Crippen LogP contribution in [0.5, 0.6) is 0 Å². The number of fused-ring (bicyclic) bond motifs is 1. The molecule has 0 saturated heterocycles. The van der Waals surface area contributed by atoms with Crippen LogP contribution in [0.15, 0.2) is 42.5 Å². The van der Waals surface area contributed by atoms with Crippen molar-refractivity contribution in [2.45, 2.75) is 31.7 Å². The summed E-state index contributed by atoms with van der Waals surface area (Å²) in [6, 6.07) is 14.2. The first-order valence-electron chi connectivity index (χ1n) is 7.37. The quantitative estimate of drug-likeness (QED) is 0.814. The van der Waals surface area contributed by atoms with Gasteiger partial charge >= 0.3 is 0 Å². The topological polar surface area (TPSA) is 29.1 Å². The third kappa shape index (κ3) is 2.99. The molecule has 2 atom stereocenters. The number of nitrogens with one attached hydrogen (secondary N) is 1. The van der Waals surface area contributed by atoms with Crippen LogP contribution in [0.25, 0.3) is 0 Å². The standard InChI is InChI=1S/C18H17Cl2NO/c1-11(22)21-18-9-7-13(14-4-2-3-5-15(14)18)12-6-8-16(19)17(20)10-12/h2-6,8,10,13,18H,7,9H2,1H3,(H,21,22)/t13?,18-/m1/s1. The van der Waals surface area contributed by atoms with Crippen molar-refractivity contribution in [3.8, 4) is 0 Å². The maximum absolute atomic E-state index is 11.4. The molecule has 0 radical (unpaired) electrons. The Labute approximate surface area is 140 Å². The first-order chi connectivity index (χ1) is 10.6.